The molecule has 2 aliphatic heterocycles. The molecule has 0 saturated carbocycles. The molecule has 2 heterocycles. The second-order valence-electron chi connectivity index (χ2n) is 8.48. The largest absolute Gasteiger partial charge is 0.490 e. The average Bonchev–Trinajstić information content (AvgIpc) is 3.04. The molecule has 2 N–H and O–H groups in total. The Bertz CT molecular complexity index is 693. The van der Waals surface area contributed by atoms with Crippen molar-refractivity contribution in [3.05, 3.63) is 18.2 Å². The molecule has 2 aliphatic rings. The quantitative estimate of drug-likeness (QED) is 0.306. The van der Waals surface area contributed by atoms with Crippen molar-refractivity contribution in [2.24, 2.45) is 10.9 Å². The molecule has 0 aliphatic carbocycles. The monoisotopic (exact) mass is 448 g/mol. The summed E-state index contributed by atoms with van der Waals surface area (Å²) in [4.78, 5) is 7.28. The van der Waals surface area contributed by atoms with Crippen LogP contribution >= 0.6 is 0 Å². The van der Waals surface area contributed by atoms with Gasteiger partial charge in [0.2, 0.25) is 0 Å². The van der Waals surface area contributed by atoms with Crippen LogP contribution in [0.15, 0.2) is 23.2 Å². The maximum Gasteiger partial charge on any atom is 0.195 e. The van der Waals surface area contributed by atoms with Gasteiger partial charge in [-0.15, -0.1) is 0 Å². The van der Waals surface area contributed by atoms with Crippen molar-refractivity contribution >= 4 is 11.6 Å². The van der Waals surface area contributed by atoms with Gasteiger partial charge in [-0.25, -0.2) is 0 Å². The third-order valence-electron chi connectivity index (χ3n) is 5.76. The molecular weight excluding hydrogens is 408 g/mol. The maximum absolute atomic E-state index is 5.83. The molecule has 1 fully saturated rings. The van der Waals surface area contributed by atoms with E-state index in [0.29, 0.717) is 39.6 Å². The van der Waals surface area contributed by atoms with Gasteiger partial charge in [0.1, 0.15) is 0 Å². The zero-order valence-electron chi connectivity index (χ0n) is 19.7. The number of methoxy groups -OCH3 is 1. The Kier molecular flexibility index (Phi) is 10.9. The number of aliphatic imine (C=N–C) groups is 1. The van der Waals surface area contributed by atoms with Crippen molar-refractivity contribution in [3.63, 3.8) is 0 Å². The van der Waals surface area contributed by atoms with Crippen LogP contribution in [-0.2, 0) is 9.47 Å². The third-order valence-corrected chi connectivity index (χ3v) is 5.76. The van der Waals surface area contributed by atoms with Crippen LogP contribution in [-0.4, -0.2) is 83.7 Å². The summed E-state index contributed by atoms with van der Waals surface area (Å²) in [5.74, 6) is 3.21. The Morgan fingerprint density at radius 1 is 1.12 bits per heavy atom. The smallest absolute Gasteiger partial charge is 0.195 e. The predicted octanol–water partition coefficient (Wildman–Crippen LogP) is 2.99. The molecule has 8 nitrogen and oxygen atoms in total. The van der Waals surface area contributed by atoms with Crippen molar-refractivity contribution in [1.29, 1.82) is 0 Å². The zero-order chi connectivity index (χ0) is 22.4. The Balaban J connectivity index is 1.52. The fraction of sp³-hybridized carbons (Fsp3) is 0.708. The number of nitrogens with zero attached hydrogens (tertiary/aromatic N) is 2. The predicted molar refractivity (Wildman–Crippen MR) is 128 cm³/mol. The van der Waals surface area contributed by atoms with Crippen molar-refractivity contribution in [2.75, 3.05) is 78.2 Å². The number of ether oxygens (including phenoxy) is 4. The van der Waals surface area contributed by atoms with Gasteiger partial charge in [-0.3, -0.25) is 4.99 Å². The molecule has 8 heteroatoms. The number of guanidine groups is 1. The molecule has 3 rings (SSSR count). The van der Waals surface area contributed by atoms with Crippen molar-refractivity contribution in [1.82, 2.24) is 10.2 Å². The number of hydrogen-bond acceptors (Lipinski definition) is 6. The molecule has 0 atom stereocenters. The van der Waals surface area contributed by atoms with Crippen LogP contribution in [0.1, 0.15) is 32.6 Å². The first kappa shape index (κ1) is 24.6. The van der Waals surface area contributed by atoms with E-state index in [1.54, 1.807) is 7.11 Å². The van der Waals surface area contributed by atoms with Crippen LogP contribution in [0.3, 0.4) is 0 Å². The van der Waals surface area contributed by atoms with Crippen LogP contribution in [0, 0.1) is 5.92 Å². The molecule has 0 aromatic heterocycles. The fourth-order valence-corrected chi connectivity index (χ4v) is 3.74. The van der Waals surface area contributed by atoms with E-state index in [4.69, 9.17) is 23.9 Å². The lowest BCUT2D eigenvalue weighted by atomic mass is 9.99. The molecule has 0 unspecified atom stereocenters. The number of likely N-dealkylation sites (tertiary alicyclic amines) is 1. The van der Waals surface area contributed by atoms with E-state index >= 15 is 0 Å². The minimum Gasteiger partial charge on any atom is -0.490 e. The summed E-state index contributed by atoms with van der Waals surface area (Å²) in [6.07, 6.45) is 4.34. The number of hydrogen-bond donors (Lipinski definition) is 2. The number of fused-ring (bicyclic) bond motifs is 1. The van der Waals surface area contributed by atoms with Crippen LogP contribution in [0.4, 0.5) is 5.69 Å². The van der Waals surface area contributed by atoms with Crippen molar-refractivity contribution in [3.8, 4) is 11.5 Å². The summed E-state index contributed by atoms with van der Waals surface area (Å²) < 4.78 is 22.1. The van der Waals surface area contributed by atoms with Gasteiger partial charge in [0.25, 0.3) is 0 Å². The summed E-state index contributed by atoms with van der Waals surface area (Å²) in [5.41, 5.74) is 0.934. The highest BCUT2D eigenvalue weighted by molar-refractivity contribution is 5.94. The highest BCUT2D eigenvalue weighted by Gasteiger charge is 2.15. The van der Waals surface area contributed by atoms with Crippen molar-refractivity contribution < 1.29 is 18.9 Å². The van der Waals surface area contributed by atoms with E-state index in [0.717, 1.165) is 55.0 Å². The Morgan fingerprint density at radius 2 is 1.94 bits per heavy atom. The Morgan fingerprint density at radius 3 is 2.75 bits per heavy atom. The van der Waals surface area contributed by atoms with Gasteiger partial charge in [0.15, 0.2) is 17.5 Å². The van der Waals surface area contributed by atoms with Gasteiger partial charge in [0, 0.05) is 51.5 Å². The second kappa shape index (κ2) is 14.2. The van der Waals surface area contributed by atoms with E-state index < -0.39 is 0 Å². The number of anilines is 1. The lowest BCUT2D eigenvalue weighted by molar-refractivity contribution is 0.0702. The molecule has 0 spiro atoms. The van der Waals surface area contributed by atoms with Gasteiger partial charge >= 0.3 is 0 Å². The zero-order valence-corrected chi connectivity index (χ0v) is 19.7. The topological polar surface area (TPSA) is 76.6 Å². The summed E-state index contributed by atoms with van der Waals surface area (Å²) in [5, 5.41) is 6.92. The highest BCUT2D eigenvalue weighted by Crippen LogP contribution is 2.32. The minimum atomic E-state index is 0.620. The molecule has 0 radical (unpaired) electrons. The molecule has 0 bridgehead atoms. The molecule has 1 saturated heterocycles. The highest BCUT2D eigenvalue weighted by atomic mass is 16.5. The van der Waals surface area contributed by atoms with E-state index in [9.17, 15) is 0 Å². The van der Waals surface area contributed by atoms with Gasteiger partial charge < -0.3 is 34.5 Å². The third kappa shape index (κ3) is 8.84. The Hall–Kier alpha value is -2.03. The second-order valence-corrected chi connectivity index (χ2v) is 8.48. The van der Waals surface area contributed by atoms with Gasteiger partial charge in [0.05, 0.1) is 26.4 Å². The molecule has 180 valence electrons. The molecule has 1 aromatic rings. The molecule has 32 heavy (non-hydrogen) atoms. The summed E-state index contributed by atoms with van der Waals surface area (Å²) in [6, 6.07) is 5.95. The number of rotatable bonds is 11. The van der Waals surface area contributed by atoms with Crippen LogP contribution in [0.25, 0.3) is 0 Å². The molecular formula is C24H40N4O4. The number of piperidine rings is 1. The van der Waals surface area contributed by atoms with Gasteiger partial charge in [-0.05, 0) is 50.4 Å². The lowest BCUT2D eigenvalue weighted by Gasteiger charge is -2.30. The summed E-state index contributed by atoms with van der Waals surface area (Å²) in [6.45, 7) is 10.6. The normalized spacial score (nSPS) is 17.8. The van der Waals surface area contributed by atoms with E-state index in [1.807, 2.05) is 18.2 Å². The summed E-state index contributed by atoms with van der Waals surface area (Å²) >= 11 is 0. The first-order valence-electron chi connectivity index (χ1n) is 12.0. The van der Waals surface area contributed by atoms with Gasteiger partial charge in [-0.2, -0.15) is 0 Å². The first-order valence-corrected chi connectivity index (χ1v) is 12.0. The number of nitrogens with one attached hydrogen (secondary N) is 2. The molecule has 0 amide bonds. The average molecular weight is 449 g/mol. The van der Waals surface area contributed by atoms with Crippen LogP contribution < -0.4 is 20.1 Å². The fourth-order valence-electron chi connectivity index (χ4n) is 3.74. The minimum absolute atomic E-state index is 0.620. The lowest BCUT2D eigenvalue weighted by Crippen LogP contribution is -2.41. The van der Waals surface area contributed by atoms with Crippen LogP contribution in [0.5, 0.6) is 11.5 Å². The van der Waals surface area contributed by atoms with Crippen molar-refractivity contribution in [2.45, 2.75) is 32.6 Å². The SMILES string of the molecule is COCCOCCCN=C(NCCN1CCC(C)CC1)Nc1ccc2c(c1)OCCCO2. The Labute approximate surface area is 192 Å². The number of benzene rings is 1. The van der Waals surface area contributed by atoms with Crippen LogP contribution in [0.2, 0.25) is 0 Å². The van der Waals surface area contributed by atoms with E-state index in [1.165, 1.54) is 25.9 Å². The van der Waals surface area contributed by atoms with E-state index in [2.05, 4.69) is 22.5 Å². The maximum atomic E-state index is 5.83. The van der Waals surface area contributed by atoms with Gasteiger partial charge in [-0.1, -0.05) is 6.92 Å². The van der Waals surface area contributed by atoms with E-state index in [-0.39, 0.29) is 0 Å². The molecule has 1 aromatic carbocycles. The summed E-state index contributed by atoms with van der Waals surface area (Å²) in [7, 11) is 1.68. The standard InChI is InChI=1S/C24H40N4O4/c1-20-7-11-28(12-8-20)13-10-26-24(25-9-3-14-30-18-17-29-2)27-21-5-6-22-23(19-21)32-16-4-15-31-22/h5-6,19-20H,3-4,7-18H2,1-2H3,(H2,25,26,27). The first-order chi connectivity index (χ1) is 15.7.